The van der Waals surface area contributed by atoms with E-state index in [1.165, 1.54) is 0 Å². The third-order valence-corrected chi connectivity index (χ3v) is 3.75. The Morgan fingerprint density at radius 3 is 2.77 bits per heavy atom. The number of rotatable bonds is 4. The van der Waals surface area contributed by atoms with Crippen LogP contribution in [0.15, 0.2) is 30.6 Å². The van der Waals surface area contributed by atoms with E-state index >= 15 is 0 Å². The molecule has 0 unspecified atom stereocenters. The van der Waals surface area contributed by atoms with Gasteiger partial charge in [0.15, 0.2) is 15.0 Å². The van der Waals surface area contributed by atoms with Crippen LogP contribution >= 0.6 is 22.6 Å². The summed E-state index contributed by atoms with van der Waals surface area (Å²) in [6.45, 7) is 0.663. The molecule has 2 aromatic heterocycles. The van der Waals surface area contributed by atoms with Crippen LogP contribution in [0.5, 0.6) is 5.75 Å². The Morgan fingerprint density at radius 2 is 2.05 bits per heavy atom. The average molecular weight is 432 g/mol. The van der Waals surface area contributed by atoms with E-state index in [1.807, 2.05) is 41.2 Å². The summed E-state index contributed by atoms with van der Waals surface area (Å²) in [5.74, 6) is 1.73. The first kappa shape index (κ1) is 16.9. The topological polar surface area (TPSA) is 69.4 Å². The normalized spacial score (nSPS) is 10.5. The van der Waals surface area contributed by atoms with E-state index < -0.39 is 0 Å². The molecule has 8 heteroatoms. The van der Waals surface area contributed by atoms with Crippen molar-refractivity contribution in [2.24, 2.45) is 0 Å². The van der Waals surface area contributed by atoms with Gasteiger partial charge in [-0.05, 0) is 6.07 Å². The lowest BCUT2D eigenvalue weighted by molar-refractivity contribution is -0.542. The number of benzene rings is 1. The van der Waals surface area contributed by atoms with Gasteiger partial charge >= 0.3 is 0 Å². The molecule has 2 heterocycles. The number of quaternary nitrogens is 1. The van der Waals surface area contributed by atoms with E-state index in [4.69, 9.17) is 4.74 Å². The number of hydrogen-bond donors (Lipinski definition) is 1. The molecule has 0 amide bonds. The Morgan fingerprint density at radius 1 is 1.27 bits per heavy atom. The number of methoxy groups -OCH3 is 1. The number of ether oxygens (including phenoxy) is 1. The number of para-hydroxylation sites is 1. The lowest BCUT2D eigenvalue weighted by Crippen LogP contribution is -3.00. The Hall–Kier alpha value is -1.45. The first-order valence-electron chi connectivity index (χ1n) is 6.52. The molecule has 0 spiro atoms. The Bertz CT molecular complexity index is 792. The highest BCUT2D eigenvalue weighted by molar-refractivity contribution is 14.1. The summed E-state index contributed by atoms with van der Waals surface area (Å²) >= 11 is 2.13. The molecule has 0 aliphatic heterocycles. The third-order valence-electron chi connectivity index (χ3n) is 3.27. The van der Waals surface area contributed by atoms with Crippen LogP contribution in [0.2, 0.25) is 0 Å². The quantitative estimate of drug-likeness (QED) is 0.396. The van der Waals surface area contributed by atoms with E-state index in [-0.39, 0.29) is 12.4 Å². The smallest absolute Gasteiger partial charge is 0.256 e. The standard InChI is InChI=1S/C14H14IN5O.ClH/c1-16-12-11-13(19-14(15)18-12)20(8-17-11)7-9-5-3-4-6-10(9)21-2;/h3-6,8H,7H2,1-2H3,(H,16,18,19);1H. The van der Waals surface area contributed by atoms with Crippen LogP contribution in [0.1, 0.15) is 5.56 Å². The van der Waals surface area contributed by atoms with Gasteiger partial charge < -0.3 is 21.7 Å². The van der Waals surface area contributed by atoms with Crippen LogP contribution < -0.4 is 22.5 Å². The molecule has 6 nitrogen and oxygen atoms in total. The zero-order valence-corrected chi connectivity index (χ0v) is 15.0. The van der Waals surface area contributed by atoms with Crippen molar-refractivity contribution in [2.45, 2.75) is 6.54 Å². The predicted molar refractivity (Wildman–Crippen MR) is 87.6 cm³/mol. The summed E-state index contributed by atoms with van der Waals surface area (Å²) in [6.07, 6.45) is 1.80. The second-order valence-electron chi connectivity index (χ2n) is 4.52. The van der Waals surface area contributed by atoms with Crippen molar-refractivity contribution < 1.29 is 22.5 Å². The molecule has 2 N–H and O–H groups in total. The van der Waals surface area contributed by atoms with Crippen molar-refractivity contribution in [2.75, 3.05) is 14.2 Å². The Kier molecular flexibility index (Phi) is 5.54. The van der Waals surface area contributed by atoms with Gasteiger partial charge in [0.2, 0.25) is 0 Å². The molecule has 0 saturated heterocycles. The van der Waals surface area contributed by atoms with Crippen molar-refractivity contribution in [3.63, 3.8) is 0 Å². The number of fused-ring (bicyclic) bond motifs is 1. The van der Waals surface area contributed by atoms with Crippen molar-refractivity contribution in [1.29, 1.82) is 0 Å². The van der Waals surface area contributed by atoms with E-state index in [9.17, 15) is 0 Å². The second kappa shape index (κ2) is 7.21. The van der Waals surface area contributed by atoms with Crippen LogP contribution in [-0.2, 0) is 6.54 Å². The van der Waals surface area contributed by atoms with Crippen LogP contribution in [-0.4, -0.2) is 33.7 Å². The largest absolute Gasteiger partial charge is 1.00 e. The summed E-state index contributed by atoms with van der Waals surface area (Å²) in [4.78, 5) is 13.3. The van der Waals surface area contributed by atoms with Gasteiger partial charge in [-0.2, -0.15) is 4.98 Å². The molecule has 3 rings (SSSR count). The SMILES string of the molecule is C[NH2+]c1nc(I)nc2c1ncn2Cc1ccccc1OC.[Cl-]. The Balaban J connectivity index is 0.00000176. The fourth-order valence-corrected chi connectivity index (χ4v) is 2.76. The maximum atomic E-state index is 5.40. The summed E-state index contributed by atoms with van der Waals surface area (Å²) < 4.78 is 8.14. The van der Waals surface area contributed by atoms with Crippen molar-refractivity contribution in [1.82, 2.24) is 19.5 Å². The fraction of sp³-hybridized carbons (Fsp3) is 0.214. The molecule has 1 aromatic carbocycles. The minimum Gasteiger partial charge on any atom is -1.00 e. The highest BCUT2D eigenvalue weighted by Crippen LogP contribution is 2.22. The number of hydrogen-bond acceptors (Lipinski definition) is 4. The monoisotopic (exact) mass is 431 g/mol. The maximum absolute atomic E-state index is 5.40. The number of halogens is 2. The highest BCUT2D eigenvalue weighted by atomic mass is 127. The molecule has 0 saturated carbocycles. The number of nitrogens with zero attached hydrogens (tertiary/aromatic N) is 4. The zero-order chi connectivity index (χ0) is 14.8. The number of nitrogens with two attached hydrogens (primary N) is 1. The molecule has 0 bridgehead atoms. The summed E-state index contributed by atoms with van der Waals surface area (Å²) in [5.41, 5.74) is 2.76. The van der Waals surface area contributed by atoms with Crippen LogP contribution in [0, 0.1) is 3.83 Å². The van der Waals surface area contributed by atoms with E-state index in [0.29, 0.717) is 6.54 Å². The van der Waals surface area contributed by atoms with E-state index in [0.717, 1.165) is 32.1 Å². The lowest BCUT2D eigenvalue weighted by Gasteiger charge is -2.09. The van der Waals surface area contributed by atoms with Gasteiger partial charge in [0, 0.05) is 28.2 Å². The zero-order valence-electron chi connectivity index (χ0n) is 12.1. The van der Waals surface area contributed by atoms with Crippen molar-refractivity contribution in [3.05, 3.63) is 40.0 Å². The fourth-order valence-electron chi connectivity index (χ4n) is 2.27. The second-order valence-corrected chi connectivity index (χ2v) is 5.49. The van der Waals surface area contributed by atoms with Crippen LogP contribution in [0.4, 0.5) is 5.82 Å². The minimum atomic E-state index is 0. The first-order chi connectivity index (χ1) is 10.2. The van der Waals surface area contributed by atoms with Gasteiger partial charge in [-0.25, -0.2) is 9.97 Å². The van der Waals surface area contributed by atoms with E-state index in [2.05, 4.69) is 37.5 Å². The lowest BCUT2D eigenvalue weighted by atomic mass is 10.2. The third kappa shape index (κ3) is 3.16. The minimum absolute atomic E-state index is 0. The van der Waals surface area contributed by atoms with Crippen LogP contribution in [0.3, 0.4) is 0 Å². The number of imidazole rings is 1. The van der Waals surface area contributed by atoms with Gasteiger partial charge in [0.25, 0.3) is 5.82 Å². The molecule has 0 fully saturated rings. The van der Waals surface area contributed by atoms with Gasteiger partial charge in [0.05, 0.1) is 27.0 Å². The van der Waals surface area contributed by atoms with Gasteiger partial charge in [-0.3, -0.25) is 5.32 Å². The molecule has 0 aliphatic rings. The van der Waals surface area contributed by atoms with Crippen molar-refractivity contribution >= 4 is 39.6 Å². The van der Waals surface area contributed by atoms with E-state index in [1.54, 1.807) is 13.4 Å². The van der Waals surface area contributed by atoms with Gasteiger partial charge in [-0.1, -0.05) is 18.2 Å². The summed E-state index contributed by atoms with van der Waals surface area (Å²) in [7, 11) is 3.64. The molecular formula is C14H15ClIN5O. The molecule has 116 valence electrons. The molecular weight excluding hydrogens is 417 g/mol. The number of aromatic nitrogens is 4. The molecule has 22 heavy (non-hydrogen) atoms. The molecule has 0 atom stereocenters. The first-order valence-corrected chi connectivity index (χ1v) is 7.60. The average Bonchev–Trinajstić information content (AvgIpc) is 2.90. The summed E-state index contributed by atoms with van der Waals surface area (Å²) in [6, 6.07) is 7.96. The maximum Gasteiger partial charge on any atom is 0.256 e. The highest BCUT2D eigenvalue weighted by Gasteiger charge is 2.15. The van der Waals surface area contributed by atoms with Crippen molar-refractivity contribution in [3.8, 4) is 5.75 Å². The van der Waals surface area contributed by atoms with Gasteiger partial charge in [0.1, 0.15) is 5.75 Å². The van der Waals surface area contributed by atoms with Gasteiger partial charge in [-0.15, -0.1) is 0 Å². The predicted octanol–water partition coefficient (Wildman–Crippen LogP) is -1.68. The van der Waals surface area contributed by atoms with Crippen LogP contribution in [0.25, 0.3) is 11.2 Å². The molecule has 3 aromatic rings. The molecule has 0 radical (unpaired) electrons. The molecule has 0 aliphatic carbocycles. The Labute approximate surface area is 147 Å². The summed E-state index contributed by atoms with van der Waals surface area (Å²) in [5, 5.41) is 1.95.